The molecule has 0 radical (unpaired) electrons. The molecule has 0 saturated carbocycles. The first-order valence-electron chi connectivity index (χ1n) is 10.0. The second kappa shape index (κ2) is 8.85. The SMILES string of the molecule is O=C1Nc2ccccc2SC1CC(=O)N1CCN(C(=O)c2ccc(C(F)(F)F)cc2)CC1. The molecular formula is C22H20F3N3O3S. The Morgan fingerprint density at radius 3 is 2.25 bits per heavy atom. The minimum absolute atomic E-state index is 0.0533. The van der Waals surface area contributed by atoms with E-state index in [2.05, 4.69) is 5.32 Å². The minimum atomic E-state index is -4.46. The lowest BCUT2D eigenvalue weighted by Crippen LogP contribution is -2.51. The second-order valence-corrected chi connectivity index (χ2v) is 8.79. The van der Waals surface area contributed by atoms with Gasteiger partial charge in [0.05, 0.1) is 16.5 Å². The van der Waals surface area contributed by atoms with Gasteiger partial charge in [-0.05, 0) is 36.4 Å². The summed E-state index contributed by atoms with van der Waals surface area (Å²) in [7, 11) is 0. The average Bonchev–Trinajstić information content (AvgIpc) is 2.78. The lowest BCUT2D eigenvalue weighted by Gasteiger charge is -2.35. The molecular weight excluding hydrogens is 443 g/mol. The van der Waals surface area contributed by atoms with Gasteiger partial charge in [0.1, 0.15) is 0 Å². The smallest absolute Gasteiger partial charge is 0.339 e. The summed E-state index contributed by atoms with van der Waals surface area (Å²) in [5, 5.41) is 2.29. The first-order chi connectivity index (χ1) is 15.2. The molecule has 0 bridgehead atoms. The number of nitrogens with zero attached hydrogens (tertiary/aromatic N) is 2. The van der Waals surface area contributed by atoms with Gasteiger partial charge >= 0.3 is 6.18 Å². The van der Waals surface area contributed by atoms with Crippen LogP contribution in [-0.4, -0.2) is 59.0 Å². The molecule has 10 heteroatoms. The molecule has 1 N–H and O–H groups in total. The van der Waals surface area contributed by atoms with Crippen molar-refractivity contribution in [3.05, 3.63) is 59.7 Å². The number of thioether (sulfide) groups is 1. The summed E-state index contributed by atoms with van der Waals surface area (Å²) >= 11 is 1.36. The molecule has 2 aliphatic heterocycles. The lowest BCUT2D eigenvalue weighted by molar-refractivity contribution is -0.137. The predicted molar refractivity (Wildman–Crippen MR) is 113 cm³/mol. The molecule has 0 aromatic heterocycles. The standard InChI is InChI=1S/C22H20F3N3O3S/c23-22(24,25)15-7-5-14(6-8-15)21(31)28-11-9-27(10-12-28)19(29)13-18-20(30)26-16-3-1-2-4-17(16)32-18/h1-8,18H,9-13H2,(H,26,30). The van der Waals surface area contributed by atoms with Crippen LogP contribution in [-0.2, 0) is 15.8 Å². The van der Waals surface area contributed by atoms with E-state index >= 15 is 0 Å². The third kappa shape index (κ3) is 4.74. The highest BCUT2D eigenvalue weighted by Gasteiger charge is 2.33. The summed E-state index contributed by atoms with van der Waals surface area (Å²) in [6, 6.07) is 11.5. The molecule has 1 saturated heterocycles. The van der Waals surface area contributed by atoms with Crippen LogP contribution in [0.4, 0.5) is 18.9 Å². The summed E-state index contributed by atoms with van der Waals surface area (Å²) in [5.41, 5.74) is 0.102. The van der Waals surface area contributed by atoms with Crippen molar-refractivity contribution in [1.29, 1.82) is 0 Å². The molecule has 0 spiro atoms. The third-order valence-electron chi connectivity index (χ3n) is 5.45. The first kappa shape index (κ1) is 22.2. The van der Waals surface area contributed by atoms with Gasteiger partial charge in [-0.1, -0.05) is 12.1 Å². The fourth-order valence-electron chi connectivity index (χ4n) is 3.66. The van der Waals surface area contributed by atoms with Gasteiger partial charge in [-0.3, -0.25) is 14.4 Å². The highest BCUT2D eigenvalue weighted by Crippen LogP contribution is 2.37. The van der Waals surface area contributed by atoms with Crippen LogP contribution in [0.3, 0.4) is 0 Å². The molecule has 2 aromatic rings. The first-order valence-corrected chi connectivity index (χ1v) is 10.9. The van der Waals surface area contributed by atoms with Crippen molar-refractivity contribution < 1.29 is 27.6 Å². The summed E-state index contributed by atoms with van der Waals surface area (Å²) in [4.78, 5) is 41.7. The molecule has 0 aliphatic carbocycles. The van der Waals surface area contributed by atoms with Crippen LogP contribution in [0.5, 0.6) is 0 Å². The molecule has 168 valence electrons. The fourth-order valence-corrected chi connectivity index (χ4v) is 4.76. The van der Waals surface area contributed by atoms with Crippen LogP contribution in [0.2, 0.25) is 0 Å². The summed E-state index contributed by atoms with van der Waals surface area (Å²) in [6.07, 6.45) is -4.40. The lowest BCUT2D eigenvalue weighted by atomic mass is 10.1. The Kier molecular flexibility index (Phi) is 6.14. The van der Waals surface area contributed by atoms with Crippen molar-refractivity contribution >= 4 is 35.2 Å². The van der Waals surface area contributed by atoms with Crippen molar-refractivity contribution in [3.8, 4) is 0 Å². The number of fused-ring (bicyclic) bond motifs is 1. The zero-order valence-electron chi connectivity index (χ0n) is 16.9. The van der Waals surface area contributed by atoms with Gasteiger partial charge in [0, 0.05) is 43.1 Å². The Balaban J connectivity index is 1.31. The van der Waals surface area contributed by atoms with E-state index in [9.17, 15) is 27.6 Å². The summed E-state index contributed by atoms with van der Waals surface area (Å²) in [6.45, 7) is 1.17. The monoisotopic (exact) mass is 463 g/mol. The van der Waals surface area contributed by atoms with Crippen LogP contribution in [0.15, 0.2) is 53.4 Å². The van der Waals surface area contributed by atoms with Crippen molar-refractivity contribution in [3.63, 3.8) is 0 Å². The normalized spacial score (nSPS) is 18.7. The van der Waals surface area contributed by atoms with Crippen molar-refractivity contribution in [1.82, 2.24) is 9.80 Å². The van der Waals surface area contributed by atoms with Crippen LogP contribution in [0, 0.1) is 0 Å². The number of halogens is 3. The number of alkyl halides is 3. The third-order valence-corrected chi connectivity index (χ3v) is 6.72. The van der Waals surface area contributed by atoms with E-state index in [0.29, 0.717) is 13.1 Å². The number of hydrogen-bond acceptors (Lipinski definition) is 4. The maximum atomic E-state index is 12.7. The predicted octanol–water partition coefficient (Wildman–Crippen LogP) is 3.49. The van der Waals surface area contributed by atoms with E-state index < -0.39 is 17.0 Å². The van der Waals surface area contributed by atoms with E-state index in [1.165, 1.54) is 28.8 Å². The van der Waals surface area contributed by atoms with Crippen LogP contribution < -0.4 is 5.32 Å². The maximum absolute atomic E-state index is 12.7. The highest BCUT2D eigenvalue weighted by atomic mass is 32.2. The summed E-state index contributed by atoms with van der Waals surface area (Å²) < 4.78 is 38.1. The molecule has 2 aromatic carbocycles. The van der Waals surface area contributed by atoms with Gasteiger partial charge in [0.2, 0.25) is 11.8 Å². The Labute approximate surface area is 186 Å². The maximum Gasteiger partial charge on any atom is 0.416 e. The van der Waals surface area contributed by atoms with E-state index in [1.54, 1.807) is 4.90 Å². The number of rotatable bonds is 3. The molecule has 1 fully saturated rings. The number of anilines is 1. The highest BCUT2D eigenvalue weighted by molar-refractivity contribution is 8.01. The second-order valence-electron chi connectivity index (χ2n) is 7.54. The summed E-state index contributed by atoms with van der Waals surface area (Å²) in [5.74, 6) is -0.749. The van der Waals surface area contributed by atoms with E-state index in [4.69, 9.17) is 0 Å². The van der Waals surface area contributed by atoms with Gasteiger partial charge in [0.15, 0.2) is 0 Å². The molecule has 32 heavy (non-hydrogen) atoms. The average molecular weight is 463 g/mol. The largest absolute Gasteiger partial charge is 0.416 e. The van der Waals surface area contributed by atoms with Crippen molar-refractivity contribution in [2.75, 3.05) is 31.5 Å². The molecule has 6 nitrogen and oxygen atoms in total. The Hall–Kier alpha value is -3.01. The van der Waals surface area contributed by atoms with Crippen LogP contribution >= 0.6 is 11.8 Å². The number of hydrogen-bond donors (Lipinski definition) is 1. The number of para-hydroxylation sites is 1. The Morgan fingerprint density at radius 2 is 1.59 bits per heavy atom. The van der Waals surface area contributed by atoms with Gasteiger partial charge in [-0.25, -0.2) is 0 Å². The minimum Gasteiger partial charge on any atom is -0.339 e. The van der Waals surface area contributed by atoms with Crippen LogP contribution in [0.25, 0.3) is 0 Å². The molecule has 1 atom stereocenters. The number of nitrogens with one attached hydrogen (secondary N) is 1. The van der Waals surface area contributed by atoms with E-state index in [0.717, 1.165) is 22.7 Å². The fraction of sp³-hybridized carbons (Fsp3) is 0.318. The Bertz CT molecular complexity index is 1030. The van der Waals surface area contributed by atoms with Crippen LogP contribution in [0.1, 0.15) is 22.3 Å². The zero-order chi connectivity index (χ0) is 22.9. The van der Waals surface area contributed by atoms with Gasteiger partial charge in [-0.2, -0.15) is 13.2 Å². The van der Waals surface area contributed by atoms with Gasteiger partial charge < -0.3 is 15.1 Å². The number of amides is 3. The number of carbonyl (C=O) groups is 3. The van der Waals surface area contributed by atoms with E-state index in [1.807, 2.05) is 24.3 Å². The van der Waals surface area contributed by atoms with Crippen molar-refractivity contribution in [2.45, 2.75) is 22.7 Å². The topological polar surface area (TPSA) is 69.7 Å². The molecule has 1 unspecified atom stereocenters. The van der Waals surface area contributed by atoms with Gasteiger partial charge in [0.25, 0.3) is 5.91 Å². The molecule has 4 rings (SSSR count). The quantitative estimate of drug-likeness (QED) is 0.757. The molecule has 3 amide bonds. The number of piperazine rings is 1. The van der Waals surface area contributed by atoms with E-state index in [-0.39, 0.29) is 42.8 Å². The number of benzene rings is 2. The van der Waals surface area contributed by atoms with Crippen molar-refractivity contribution in [2.24, 2.45) is 0 Å². The number of carbonyl (C=O) groups excluding carboxylic acids is 3. The molecule has 2 heterocycles. The van der Waals surface area contributed by atoms with Gasteiger partial charge in [-0.15, -0.1) is 11.8 Å². The Morgan fingerprint density at radius 1 is 0.969 bits per heavy atom. The zero-order valence-corrected chi connectivity index (χ0v) is 17.7. The molecule has 2 aliphatic rings.